The Morgan fingerprint density at radius 3 is 0.714 bits per heavy atom. The van der Waals surface area contributed by atoms with E-state index < -0.39 is 6.10 Å². The third-order valence-corrected chi connectivity index (χ3v) is 16.0. The number of carbonyl (C=O) groups is 3. The predicted octanol–water partition coefficient (Wildman–Crippen LogP) is 23.8. The van der Waals surface area contributed by atoms with Gasteiger partial charge in [0.1, 0.15) is 13.2 Å². The summed E-state index contributed by atoms with van der Waals surface area (Å²) in [5, 5.41) is 0. The zero-order chi connectivity index (χ0) is 55.7. The third-order valence-electron chi connectivity index (χ3n) is 16.0. The first-order valence-electron chi connectivity index (χ1n) is 34.8. The van der Waals surface area contributed by atoms with Crippen LogP contribution in [0.2, 0.25) is 0 Å². The molecule has 0 aliphatic carbocycles. The van der Waals surface area contributed by atoms with Gasteiger partial charge in [0.05, 0.1) is 0 Å². The van der Waals surface area contributed by atoms with Gasteiger partial charge < -0.3 is 14.2 Å². The maximum Gasteiger partial charge on any atom is 0.306 e. The molecule has 1 unspecified atom stereocenters. The van der Waals surface area contributed by atoms with Crippen LogP contribution in [0.4, 0.5) is 0 Å². The number of allylic oxidation sites excluding steroid dienone is 4. The summed E-state index contributed by atoms with van der Waals surface area (Å²) in [6.07, 6.45) is 80.7. The molecular formula is C71H134O6. The van der Waals surface area contributed by atoms with Crippen molar-refractivity contribution in [1.82, 2.24) is 0 Å². The Labute approximate surface area is 481 Å². The Morgan fingerprint density at radius 1 is 0.260 bits per heavy atom. The Morgan fingerprint density at radius 2 is 0.468 bits per heavy atom. The van der Waals surface area contributed by atoms with Gasteiger partial charge in [0, 0.05) is 19.3 Å². The van der Waals surface area contributed by atoms with Gasteiger partial charge in [0.25, 0.3) is 0 Å². The van der Waals surface area contributed by atoms with Gasteiger partial charge in [-0.15, -0.1) is 0 Å². The molecule has 0 N–H and O–H groups in total. The van der Waals surface area contributed by atoms with Crippen LogP contribution in [0.15, 0.2) is 24.3 Å². The van der Waals surface area contributed by atoms with Crippen LogP contribution in [-0.4, -0.2) is 37.2 Å². The molecule has 1 atom stereocenters. The number of rotatable bonds is 65. The molecule has 0 saturated heterocycles. The van der Waals surface area contributed by atoms with Crippen LogP contribution in [-0.2, 0) is 28.6 Å². The lowest BCUT2D eigenvalue weighted by Gasteiger charge is -2.18. The van der Waals surface area contributed by atoms with Crippen molar-refractivity contribution < 1.29 is 28.6 Å². The largest absolute Gasteiger partial charge is 0.462 e. The first kappa shape index (κ1) is 74.9. The number of unbranched alkanes of at least 4 members (excludes halogenated alkanes) is 50. The lowest BCUT2D eigenvalue weighted by atomic mass is 10.0. The summed E-state index contributed by atoms with van der Waals surface area (Å²) in [7, 11) is 0. The Kier molecular flexibility index (Phi) is 64.6. The average molecular weight is 1080 g/mol. The van der Waals surface area contributed by atoms with Gasteiger partial charge in [0.15, 0.2) is 6.10 Å². The second kappa shape index (κ2) is 66.4. The SMILES string of the molecule is CCCCCCC/C=C\C/C=C\CCCCCCCCCCCCCCCC(=O)OCC(COC(=O)CCCCCCCCCCCC)OC(=O)CCCCCCCCCCCCCCCCCCCCCCCCCC. The van der Waals surface area contributed by atoms with Crippen molar-refractivity contribution in [3.05, 3.63) is 24.3 Å². The van der Waals surface area contributed by atoms with Crippen LogP contribution in [0.25, 0.3) is 0 Å². The van der Waals surface area contributed by atoms with Crippen molar-refractivity contribution in [2.75, 3.05) is 13.2 Å². The van der Waals surface area contributed by atoms with E-state index >= 15 is 0 Å². The van der Waals surface area contributed by atoms with Crippen molar-refractivity contribution in [3.8, 4) is 0 Å². The second-order valence-electron chi connectivity index (χ2n) is 23.8. The van der Waals surface area contributed by atoms with Crippen LogP contribution in [0.1, 0.15) is 393 Å². The van der Waals surface area contributed by atoms with Crippen LogP contribution in [0.5, 0.6) is 0 Å². The van der Waals surface area contributed by atoms with E-state index in [1.807, 2.05) is 0 Å². The maximum atomic E-state index is 12.9. The van der Waals surface area contributed by atoms with Crippen molar-refractivity contribution in [2.24, 2.45) is 0 Å². The normalized spacial score (nSPS) is 12.1. The van der Waals surface area contributed by atoms with E-state index in [0.717, 1.165) is 64.2 Å². The van der Waals surface area contributed by atoms with Gasteiger partial charge >= 0.3 is 17.9 Å². The van der Waals surface area contributed by atoms with Gasteiger partial charge in [0.2, 0.25) is 0 Å². The first-order chi connectivity index (χ1) is 38.0. The first-order valence-corrected chi connectivity index (χ1v) is 34.8. The zero-order valence-electron chi connectivity index (χ0n) is 52.3. The Bertz CT molecular complexity index is 1240. The second-order valence-corrected chi connectivity index (χ2v) is 23.8. The molecule has 0 bridgehead atoms. The molecule has 0 amide bonds. The summed E-state index contributed by atoms with van der Waals surface area (Å²) >= 11 is 0. The number of ether oxygens (including phenoxy) is 3. The van der Waals surface area contributed by atoms with Crippen LogP contribution in [0.3, 0.4) is 0 Å². The standard InChI is InChI=1S/C71H134O6/c1-4-7-10-13-16-19-22-24-26-28-30-32-34-36-38-39-41-43-45-47-49-52-55-58-61-64-70(73)76-67-68(66-75-69(72)63-60-57-54-51-21-18-15-12-9-6-3)77-71(74)65-62-59-56-53-50-48-46-44-42-40-37-35-33-31-29-27-25-23-20-17-14-11-8-5-2/h22,24,28,30,68H,4-21,23,25-27,29,31-67H2,1-3H3/b24-22-,30-28-. The number of carbonyl (C=O) groups excluding carboxylic acids is 3. The minimum absolute atomic E-state index is 0.0648. The molecule has 0 saturated carbocycles. The van der Waals surface area contributed by atoms with Crippen LogP contribution >= 0.6 is 0 Å². The van der Waals surface area contributed by atoms with E-state index in [1.165, 1.54) is 289 Å². The molecule has 0 aromatic heterocycles. The highest BCUT2D eigenvalue weighted by atomic mass is 16.6. The molecular weight excluding hydrogens is 949 g/mol. The van der Waals surface area contributed by atoms with E-state index in [4.69, 9.17) is 14.2 Å². The topological polar surface area (TPSA) is 78.9 Å². The van der Waals surface area contributed by atoms with Crippen LogP contribution < -0.4 is 0 Å². The fourth-order valence-corrected chi connectivity index (χ4v) is 10.7. The molecule has 0 aromatic carbocycles. The van der Waals surface area contributed by atoms with Gasteiger partial charge in [-0.3, -0.25) is 14.4 Å². The molecule has 77 heavy (non-hydrogen) atoms. The fraction of sp³-hybridized carbons (Fsp3) is 0.901. The van der Waals surface area contributed by atoms with Crippen LogP contribution in [0, 0.1) is 0 Å². The fourth-order valence-electron chi connectivity index (χ4n) is 10.7. The van der Waals surface area contributed by atoms with Gasteiger partial charge in [-0.05, 0) is 51.4 Å². The van der Waals surface area contributed by atoms with Gasteiger partial charge in [-0.1, -0.05) is 347 Å². The molecule has 0 aliphatic heterocycles. The van der Waals surface area contributed by atoms with Crippen molar-refractivity contribution in [1.29, 1.82) is 0 Å². The summed E-state index contributed by atoms with van der Waals surface area (Å²) in [5.74, 6) is -0.836. The third kappa shape index (κ3) is 64.6. The highest BCUT2D eigenvalue weighted by Crippen LogP contribution is 2.19. The molecule has 0 spiro atoms. The van der Waals surface area contributed by atoms with E-state index in [-0.39, 0.29) is 31.1 Å². The molecule has 0 aromatic rings. The van der Waals surface area contributed by atoms with Crippen molar-refractivity contribution in [2.45, 2.75) is 399 Å². The summed E-state index contributed by atoms with van der Waals surface area (Å²) in [4.78, 5) is 38.3. The summed E-state index contributed by atoms with van der Waals surface area (Å²) in [5.41, 5.74) is 0. The monoisotopic (exact) mass is 1080 g/mol. The predicted molar refractivity (Wildman–Crippen MR) is 335 cm³/mol. The molecule has 0 rings (SSSR count). The Balaban J connectivity index is 4.15. The molecule has 0 fully saturated rings. The molecule has 0 radical (unpaired) electrons. The summed E-state index contributed by atoms with van der Waals surface area (Å²) < 4.78 is 17.0. The maximum absolute atomic E-state index is 12.9. The highest BCUT2D eigenvalue weighted by Gasteiger charge is 2.19. The van der Waals surface area contributed by atoms with Crippen molar-refractivity contribution in [3.63, 3.8) is 0 Å². The zero-order valence-corrected chi connectivity index (χ0v) is 52.3. The number of hydrogen-bond acceptors (Lipinski definition) is 6. The lowest BCUT2D eigenvalue weighted by Crippen LogP contribution is -2.30. The molecule has 6 heteroatoms. The Hall–Kier alpha value is -2.11. The van der Waals surface area contributed by atoms with Gasteiger partial charge in [-0.25, -0.2) is 0 Å². The quantitative estimate of drug-likeness (QED) is 0.0261. The van der Waals surface area contributed by atoms with E-state index in [2.05, 4.69) is 45.1 Å². The summed E-state index contributed by atoms with van der Waals surface area (Å²) in [6, 6.07) is 0. The minimum Gasteiger partial charge on any atom is -0.462 e. The molecule has 6 nitrogen and oxygen atoms in total. The lowest BCUT2D eigenvalue weighted by molar-refractivity contribution is -0.167. The number of hydrogen-bond donors (Lipinski definition) is 0. The molecule has 454 valence electrons. The smallest absolute Gasteiger partial charge is 0.306 e. The number of esters is 3. The van der Waals surface area contributed by atoms with E-state index in [0.29, 0.717) is 19.3 Å². The minimum atomic E-state index is -0.767. The van der Waals surface area contributed by atoms with Gasteiger partial charge in [-0.2, -0.15) is 0 Å². The highest BCUT2D eigenvalue weighted by molar-refractivity contribution is 5.71. The average Bonchev–Trinajstić information content (AvgIpc) is 3.43. The van der Waals surface area contributed by atoms with Crippen molar-refractivity contribution >= 4 is 17.9 Å². The molecule has 0 aliphatic rings. The summed E-state index contributed by atoms with van der Waals surface area (Å²) in [6.45, 7) is 6.69. The van der Waals surface area contributed by atoms with E-state index in [1.54, 1.807) is 0 Å². The van der Waals surface area contributed by atoms with E-state index in [9.17, 15) is 14.4 Å². The molecule has 0 heterocycles.